The van der Waals surface area contributed by atoms with Crippen LogP contribution in [0.25, 0.3) is 27.8 Å². The molecule has 0 aliphatic carbocycles. The minimum absolute atomic E-state index is 0.300. The molecular formula is C33H44N6O2. The average Bonchev–Trinajstić information content (AvgIpc) is 3.72. The topological polar surface area (TPSA) is 78.8 Å². The summed E-state index contributed by atoms with van der Waals surface area (Å²) in [6.45, 7) is 13.2. The second kappa shape index (κ2) is 11.6. The van der Waals surface area contributed by atoms with E-state index in [4.69, 9.17) is 4.74 Å². The van der Waals surface area contributed by atoms with E-state index in [9.17, 15) is 4.79 Å². The molecule has 2 aliphatic rings. The Labute approximate surface area is 243 Å². The van der Waals surface area contributed by atoms with Crippen molar-refractivity contribution in [2.24, 2.45) is 0 Å². The monoisotopic (exact) mass is 556 g/mol. The lowest BCUT2D eigenvalue weighted by molar-refractivity contribution is -0.132. The number of pyridine rings is 1. The van der Waals surface area contributed by atoms with Crippen molar-refractivity contribution in [2.75, 3.05) is 39.9 Å². The van der Waals surface area contributed by atoms with E-state index < -0.39 is 0 Å². The molecule has 5 heterocycles. The number of likely N-dealkylation sites (tertiary alicyclic amines) is 2. The summed E-state index contributed by atoms with van der Waals surface area (Å²) in [6, 6.07) is 7.42. The van der Waals surface area contributed by atoms with Crippen molar-refractivity contribution in [3.8, 4) is 11.3 Å². The summed E-state index contributed by atoms with van der Waals surface area (Å²) in [4.78, 5) is 25.8. The van der Waals surface area contributed by atoms with Crippen molar-refractivity contribution < 1.29 is 9.53 Å². The molecular weight excluding hydrogens is 512 g/mol. The van der Waals surface area contributed by atoms with Gasteiger partial charge in [-0.2, -0.15) is 5.10 Å². The first-order valence-electron chi connectivity index (χ1n) is 15.3. The lowest BCUT2D eigenvalue weighted by Crippen LogP contribution is -2.41. The summed E-state index contributed by atoms with van der Waals surface area (Å²) in [6.07, 6.45) is 8.75. The molecule has 2 aliphatic heterocycles. The van der Waals surface area contributed by atoms with Gasteiger partial charge in [0.2, 0.25) is 5.91 Å². The Morgan fingerprint density at radius 1 is 1.12 bits per heavy atom. The molecule has 1 unspecified atom stereocenters. The van der Waals surface area contributed by atoms with Gasteiger partial charge in [0.05, 0.1) is 12.3 Å². The predicted molar refractivity (Wildman–Crippen MR) is 163 cm³/mol. The summed E-state index contributed by atoms with van der Waals surface area (Å²) in [5.74, 6) is 1.13. The number of piperidine rings is 1. The van der Waals surface area contributed by atoms with E-state index in [1.807, 2.05) is 4.52 Å². The molecule has 2 fully saturated rings. The third kappa shape index (κ3) is 5.28. The number of methoxy groups -OCH3 is 1. The van der Waals surface area contributed by atoms with Crippen LogP contribution in [0.2, 0.25) is 0 Å². The molecule has 8 heteroatoms. The highest BCUT2D eigenvalue weighted by molar-refractivity contribution is 5.92. The molecule has 4 aromatic rings. The zero-order valence-corrected chi connectivity index (χ0v) is 25.2. The van der Waals surface area contributed by atoms with Crippen LogP contribution in [0, 0.1) is 13.8 Å². The lowest BCUT2D eigenvalue weighted by atomic mass is 9.87. The number of nitrogens with zero attached hydrogens (tertiary/aromatic N) is 5. The van der Waals surface area contributed by atoms with Crippen molar-refractivity contribution in [1.29, 1.82) is 0 Å². The summed E-state index contributed by atoms with van der Waals surface area (Å²) in [5.41, 5.74) is 9.56. The fourth-order valence-electron chi connectivity index (χ4n) is 7.18. The lowest BCUT2D eigenvalue weighted by Gasteiger charge is -2.33. The number of nitrogens with one attached hydrogen (secondary N) is 1. The zero-order valence-electron chi connectivity index (χ0n) is 25.2. The largest absolute Gasteiger partial charge is 0.383 e. The molecule has 3 aromatic heterocycles. The fraction of sp³-hybridized carbons (Fsp3) is 0.545. The molecule has 1 atom stereocenters. The average molecular weight is 557 g/mol. The number of fused-ring (bicyclic) bond motifs is 2. The number of rotatable bonds is 8. The van der Waals surface area contributed by atoms with E-state index in [0.29, 0.717) is 30.2 Å². The molecule has 1 N–H and O–H groups in total. The number of ether oxygens (including phenoxy) is 1. The number of carbonyl (C=O) groups is 1. The van der Waals surface area contributed by atoms with E-state index in [1.54, 1.807) is 13.4 Å². The van der Waals surface area contributed by atoms with Crippen molar-refractivity contribution in [3.05, 3.63) is 53.0 Å². The molecule has 218 valence electrons. The Kier molecular flexibility index (Phi) is 7.88. The van der Waals surface area contributed by atoms with Crippen molar-refractivity contribution in [1.82, 2.24) is 29.4 Å². The van der Waals surface area contributed by atoms with Gasteiger partial charge in [0.25, 0.3) is 0 Å². The van der Waals surface area contributed by atoms with Crippen LogP contribution in [-0.2, 0) is 9.53 Å². The Morgan fingerprint density at radius 3 is 2.68 bits per heavy atom. The summed E-state index contributed by atoms with van der Waals surface area (Å²) in [7, 11) is 1.77. The van der Waals surface area contributed by atoms with Crippen LogP contribution in [0.3, 0.4) is 0 Å². The summed E-state index contributed by atoms with van der Waals surface area (Å²) < 4.78 is 7.27. The van der Waals surface area contributed by atoms with E-state index in [-0.39, 0.29) is 0 Å². The first-order chi connectivity index (χ1) is 19.9. The van der Waals surface area contributed by atoms with Crippen molar-refractivity contribution >= 4 is 22.5 Å². The number of carbonyl (C=O) groups excluding carboxylic acids is 1. The molecule has 41 heavy (non-hydrogen) atoms. The van der Waals surface area contributed by atoms with Gasteiger partial charge in [0.15, 0.2) is 5.65 Å². The zero-order chi connectivity index (χ0) is 28.7. The molecule has 6 rings (SSSR count). The van der Waals surface area contributed by atoms with Crippen LogP contribution >= 0.6 is 0 Å². The number of aromatic nitrogens is 4. The van der Waals surface area contributed by atoms with Gasteiger partial charge in [-0.05, 0) is 92.3 Å². The molecule has 0 saturated carbocycles. The first-order valence-corrected chi connectivity index (χ1v) is 15.3. The van der Waals surface area contributed by atoms with Gasteiger partial charge in [0, 0.05) is 61.9 Å². The maximum atomic E-state index is 13.1. The number of aromatic amines is 1. The van der Waals surface area contributed by atoms with Gasteiger partial charge in [-0.1, -0.05) is 19.9 Å². The summed E-state index contributed by atoms with van der Waals surface area (Å²) >= 11 is 0. The van der Waals surface area contributed by atoms with Gasteiger partial charge in [-0.15, -0.1) is 0 Å². The van der Waals surface area contributed by atoms with Gasteiger partial charge in [-0.3, -0.25) is 9.69 Å². The molecule has 2 saturated heterocycles. The number of H-pyrrole nitrogens is 1. The minimum Gasteiger partial charge on any atom is -0.383 e. The number of hydrogen-bond donors (Lipinski definition) is 1. The first kappa shape index (κ1) is 27.9. The number of hydrogen-bond acceptors (Lipinski definition) is 5. The highest BCUT2D eigenvalue weighted by atomic mass is 16.5. The number of amides is 1. The SMILES string of the molecule is COCC1CCCN1CCC(=O)N1CCC(c2ccc3[nH]c(-c4cn5ncnc5c(C)c4C)c(C(C)C)c3c2)CC1. The number of aryl methyl sites for hydroxylation is 1. The van der Waals surface area contributed by atoms with Crippen molar-refractivity contribution in [2.45, 2.75) is 77.7 Å². The minimum atomic E-state index is 0.300. The summed E-state index contributed by atoms with van der Waals surface area (Å²) in [5, 5.41) is 5.73. The van der Waals surface area contributed by atoms with Crippen LogP contribution in [0.1, 0.15) is 80.0 Å². The Bertz CT molecular complexity index is 1540. The van der Waals surface area contributed by atoms with E-state index >= 15 is 0 Å². The second-order valence-electron chi connectivity index (χ2n) is 12.4. The molecule has 0 bridgehead atoms. The highest BCUT2D eigenvalue weighted by Gasteiger charge is 2.28. The van der Waals surface area contributed by atoms with Crippen LogP contribution in [-0.4, -0.2) is 81.2 Å². The van der Waals surface area contributed by atoms with Crippen LogP contribution in [0.15, 0.2) is 30.7 Å². The van der Waals surface area contributed by atoms with E-state index in [1.165, 1.54) is 51.7 Å². The van der Waals surface area contributed by atoms with Gasteiger partial charge < -0.3 is 14.6 Å². The fourth-order valence-corrected chi connectivity index (χ4v) is 7.18. The van der Waals surface area contributed by atoms with Gasteiger partial charge >= 0.3 is 0 Å². The van der Waals surface area contributed by atoms with Gasteiger partial charge in [-0.25, -0.2) is 9.50 Å². The maximum absolute atomic E-state index is 13.1. The Morgan fingerprint density at radius 2 is 1.93 bits per heavy atom. The Balaban J connectivity index is 1.18. The molecule has 0 radical (unpaired) electrons. The van der Waals surface area contributed by atoms with E-state index in [0.717, 1.165) is 56.8 Å². The third-order valence-electron chi connectivity index (χ3n) is 9.63. The van der Waals surface area contributed by atoms with Crippen molar-refractivity contribution in [3.63, 3.8) is 0 Å². The normalized spacial score (nSPS) is 18.9. The number of benzene rings is 1. The molecule has 8 nitrogen and oxygen atoms in total. The van der Waals surface area contributed by atoms with Crippen LogP contribution in [0.5, 0.6) is 0 Å². The smallest absolute Gasteiger partial charge is 0.223 e. The maximum Gasteiger partial charge on any atom is 0.223 e. The van der Waals surface area contributed by atoms with E-state index in [2.05, 4.69) is 77.0 Å². The standard InChI is InChI=1S/C33H44N6O2/c1-21(2)31-27-17-25(8-9-29(27)36-32(31)28-18-39-33(34-20-35-39)23(4)22(28)3)24-10-14-38(15-11-24)30(40)12-16-37-13-6-7-26(37)19-41-5/h8-9,17-18,20-21,24,26,36H,6-7,10-16,19H2,1-5H3. The molecule has 1 amide bonds. The Hall–Kier alpha value is -3.23. The third-order valence-corrected chi connectivity index (χ3v) is 9.63. The van der Waals surface area contributed by atoms with Gasteiger partial charge in [0.1, 0.15) is 6.33 Å². The van der Waals surface area contributed by atoms with Crippen LogP contribution in [0.4, 0.5) is 0 Å². The quantitative estimate of drug-likeness (QED) is 0.296. The second-order valence-corrected chi connectivity index (χ2v) is 12.4. The molecule has 0 spiro atoms. The highest BCUT2D eigenvalue weighted by Crippen LogP contribution is 2.40. The molecule has 1 aromatic carbocycles. The predicted octanol–water partition coefficient (Wildman–Crippen LogP) is 5.82. The van der Waals surface area contributed by atoms with Crippen LogP contribution < -0.4 is 0 Å².